The van der Waals surface area contributed by atoms with E-state index in [0.29, 0.717) is 11.4 Å². The Labute approximate surface area is 176 Å². The van der Waals surface area contributed by atoms with Crippen LogP contribution in [0.15, 0.2) is 71.5 Å². The van der Waals surface area contributed by atoms with E-state index in [-0.39, 0.29) is 29.0 Å². The van der Waals surface area contributed by atoms with Crippen LogP contribution >= 0.6 is 11.8 Å². The lowest BCUT2D eigenvalue weighted by Gasteiger charge is -2.13. The molecule has 2 heterocycles. The molecule has 4 rings (SSSR count). The summed E-state index contributed by atoms with van der Waals surface area (Å²) in [7, 11) is 0. The van der Waals surface area contributed by atoms with Crippen molar-refractivity contribution >= 4 is 34.5 Å². The van der Waals surface area contributed by atoms with Crippen molar-refractivity contribution in [2.24, 2.45) is 0 Å². The summed E-state index contributed by atoms with van der Waals surface area (Å²) in [5, 5.41) is 2.43. The van der Waals surface area contributed by atoms with E-state index in [4.69, 9.17) is 0 Å². The van der Waals surface area contributed by atoms with Gasteiger partial charge in [-0.2, -0.15) is 0 Å². The summed E-state index contributed by atoms with van der Waals surface area (Å²) in [5.74, 6) is -0.560. The van der Waals surface area contributed by atoms with Crippen LogP contribution in [0.4, 0.5) is 10.5 Å². The normalized spacial score (nSPS) is 13.5. The molecule has 3 aromatic rings. The maximum atomic E-state index is 12.5. The molecular weight excluding hydrogens is 402 g/mol. The summed E-state index contributed by atoms with van der Waals surface area (Å²) in [6, 6.07) is 19.3. The molecule has 0 unspecified atom stereocenters. The molecule has 7 nitrogen and oxygen atoms in total. The number of nitrogens with zero attached hydrogens (tertiary/aromatic N) is 1. The molecule has 1 saturated heterocycles. The molecule has 150 valence electrons. The van der Waals surface area contributed by atoms with Gasteiger partial charge in [0.15, 0.2) is 0 Å². The third-order valence-electron chi connectivity index (χ3n) is 4.63. The summed E-state index contributed by atoms with van der Waals surface area (Å²) >= 11 is 0.991. The number of imide groups is 1. The topological polar surface area (TPSA) is 99.3 Å². The number of benzene rings is 2. The van der Waals surface area contributed by atoms with Crippen molar-refractivity contribution in [3.8, 4) is 11.3 Å². The van der Waals surface area contributed by atoms with Crippen LogP contribution in [0.5, 0.6) is 0 Å². The maximum absolute atomic E-state index is 12.5. The molecule has 2 N–H and O–H groups in total. The van der Waals surface area contributed by atoms with Crippen molar-refractivity contribution < 1.29 is 14.4 Å². The number of thioether (sulfide) groups is 1. The van der Waals surface area contributed by atoms with Crippen molar-refractivity contribution in [1.82, 2.24) is 9.88 Å². The molecule has 0 radical (unpaired) electrons. The molecule has 0 aliphatic carbocycles. The van der Waals surface area contributed by atoms with E-state index < -0.39 is 11.5 Å². The Morgan fingerprint density at radius 2 is 1.70 bits per heavy atom. The first-order chi connectivity index (χ1) is 14.5. The molecule has 1 aliphatic rings. The Morgan fingerprint density at radius 1 is 0.967 bits per heavy atom. The maximum Gasteiger partial charge on any atom is 0.289 e. The van der Waals surface area contributed by atoms with Crippen LogP contribution in [-0.2, 0) is 11.3 Å². The predicted molar refractivity (Wildman–Crippen MR) is 115 cm³/mol. The average molecular weight is 419 g/mol. The Balaban J connectivity index is 1.44. The number of nitrogens with one attached hydrogen (secondary N) is 2. The zero-order valence-corrected chi connectivity index (χ0v) is 16.6. The number of hydrogen-bond acceptors (Lipinski definition) is 5. The second-order valence-electron chi connectivity index (χ2n) is 6.67. The monoisotopic (exact) mass is 419 g/mol. The van der Waals surface area contributed by atoms with Gasteiger partial charge in [-0.1, -0.05) is 54.2 Å². The molecule has 3 amide bonds. The zero-order valence-electron chi connectivity index (χ0n) is 15.8. The van der Waals surface area contributed by atoms with Gasteiger partial charge < -0.3 is 10.3 Å². The minimum absolute atomic E-state index is 0.00374. The van der Waals surface area contributed by atoms with E-state index in [1.807, 2.05) is 30.3 Å². The fourth-order valence-electron chi connectivity index (χ4n) is 3.05. The molecule has 8 heteroatoms. The summed E-state index contributed by atoms with van der Waals surface area (Å²) < 4.78 is 0. The number of H-pyrrole nitrogens is 1. The van der Waals surface area contributed by atoms with Crippen molar-refractivity contribution in [3.05, 3.63) is 88.2 Å². The number of aromatic amines is 1. The molecule has 1 aromatic heterocycles. The first-order valence-corrected chi connectivity index (χ1v) is 10.2. The smallest absolute Gasteiger partial charge is 0.289 e. The van der Waals surface area contributed by atoms with Crippen molar-refractivity contribution in [2.75, 3.05) is 11.1 Å². The summed E-state index contributed by atoms with van der Waals surface area (Å²) in [6.45, 7) is 0.194. The third-order valence-corrected chi connectivity index (χ3v) is 5.49. The molecule has 0 saturated carbocycles. The van der Waals surface area contributed by atoms with E-state index >= 15 is 0 Å². The van der Waals surface area contributed by atoms with Gasteiger partial charge in [-0.25, -0.2) is 0 Å². The lowest BCUT2D eigenvalue weighted by molar-refractivity contribution is -0.125. The molecule has 1 fully saturated rings. The van der Waals surface area contributed by atoms with Gasteiger partial charge in [0.1, 0.15) is 5.56 Å². The van der Waals surface area contributed by atoms with Crippen LogP contribution in [0.3, 0.4) is 0 Å². The fourth-order valence-corrected chi connectivity index (χ4v) is 3.77. The highest BCUT2D eigenvalue weighted by atomic mass is 32.2. The minimum Gasteiger partial charge on any atom is -0.322 e. The molecule has 0 atom stereocenters. The van der Waals surface area contributed by atoms with Gasteiger partial charge in [0, 0.05) is 11.4 Å². The number of rotatable bonds is 5. The van der Waals surface area contributed by atoms with Crippen molar-refractivity contribution in [3.63, 3.8) is 0 Å². The van der Waals surface area contributed by atoms with E-state index in [0.717, 1.165) is 22.9 Å². The molecular formula is C22H17N3O4S. The second-order valence-corrected chi connectivity index (χ2v) is 7.59. The number of anilines is 1. The molecule has 0 bridgehead atoms. The molecule has 1 aliphatic heterocycles. The van der Waals surface area contributed by atoms with Gasteiger partial charge in [-0.3, -0.25) is 24.1 Å². The minimum atomic E-state index is -0.523. The van der Waals surface area contributed by atoms with Crippen LogP contribution in [0, 0.1) is 0 Å². The van der Waals surface area contributed by atoms with E-state index in [2.05, 4.69) is 10.3 Å². The van der Waals surface area contributed by atoms with E-state index in [9.17, 15) is 19.2 Å². The Hall–Kier alpha value is -3.65. The standard InChI is InChI=1S/C22H17N3O4S/c26-19-13-30-22(29)25(19)12-14-6-8-16(9-7-14)23-20(27)17-10-11-18(24-21(17)28)15-4-2-1-3-5-15/h1-11H,12-13H2,(H,23,27)(H,24,28). The number of carbonyl (C=O) groups is 3. The van der Waals surface area contributed by atoms with Gasteiger partial charge in [-0.05, 0) is 35.4 Å². The quantitative estimate of drug-likeness (QED) is 0.660. The molecule has 30 heavy (non-hydrogen) atoms. The predicted octanol–water partition coefficient (Wildman–Crippen LogP) is 3.49. The van der Waals surface area contributed by atoms with E-state index in [1.165, 1.54) is 11.0 Å². The highest BCUT2D eigenvalue weighted by Crippen LogP contribution is 2.22. The van der Waals surface area contributed by atoms with Crippen LogP contribution in [-0.4, -0.2) is 32.7 Å². The summed E-state index contributed by atoms with van der Waals surface area (Å²) in [4.78, 5) is 52.2. The van der Waals surface area contributed by atoms with Gasteiger partial charge >= 0.3 is 0 Å². The van der Waals surface area contributed by atoms with Crippen LogP contribution in [0.1, 0.15) is 15.9 Å². The number of carbonyl (C=O) groups excluding carboxylic acids is 3. The van der Waals surface area contributed by atoms with Crippen LogP contribution < -0.4 is 10.9 Å². The van der Waals surface area contributed by atoms with Gasteiger partial charge in [0.05, 0.1) is 12.3 Å². The van der Waals surface area contributed by atoms with Crippen LogP contribution in [0.2, 0.25) is 0 Å². The lowest BCUT2D eigenvalue weighted by atomic mass is 10.1. The number of hydrogen-bond donors (Lipinski definition) is 2. The largest absolute Gasteiger partial charge is 0.322 e. The van der Waals surface area contributed by atoms with Gasteiger partial charge in [0.25, 0.3) is 16.7 Å². The molecule has 0 spiro atoms. The fraction of sp³-hybridized carbons (Fsp3) is 0.0909. The third kappa shape index (κ3) is 4.18. The first-order valence-electron chi connectivity index (χ1n) is 9.17. The number of pyridine rings is 1. The first kappa shape index (κ1) is 19.7. The Bertz CT molecular complexity index is 1160. The highest BCUT2D eigenvalue weighted by molar-refractivity contribution is 8.14. The number of amides is 3. The molecule has 2 aromatic carbocycles. The van der Waals surface area contributed by atoms with Crippen LogP contribution in [0.25, 0.3) is 11.3 Å². The van der Waals surface area contributed by atoms with Gasteiger partial charge in [0.2, 0.25) is 5.91 Å². The lowest BCUT2D eigenvalue weighted by Crippen LogP contribution is -2.27. The number of aromatic nitrogens is 1. The summed E-state index contributed by atoms with van der Waals surface area (Å²) in [6.07, 6.45) is 0. The second kappa shape index (κ2) is 8.38. The van der Waals surface area contributed by atoms with E-state index in [1.54, 1.807) is 30.3 Å². The van der Waals surface area contributed by atoms with Crippen molar-refractivity contribution in [1.29, 1.82) is 0 Å². The van der Waals surface area contributed by atoms with Crippen molar-refractivity contribution in [2.45, 2.75) is 6.54 Å². The van der Waals surface area contributed by atoms with Gasteiger partial charge in [-0.15, -0.1) is 0 Å². The highest BCUT2D eigenvalue weighted by Gasteiger charge is 2.29. The Kier molecular flexibility index (Phi) is 5.49. The summed E-state index contributed by atoms with van der Waals surface area (Å²) in [5.41, 5.74) is 2.28. The SMILES string of the molecule is O=C(Nc1ccc(CN2C(=O)CSC2=O)cc1)c1ccc(-c2ccccc2)[nH]c1=O. The zero-order chi connectivity index (χ0) is 21.1. The average Bonchev–Trinajstić information content (AvgIpc) is 3.07. The Morgan fingerprint density at radius 3 is 2.33 bits per heavy atom.